The van der Waals surface area contributed by atoms with Crippen molar-refractivity contribution in [3.8, 4) is 5.75 Å². The number of hydrogen-bond donors (Lipinski definition) is 2. The molecule has 2 amide bonds. The van der Waals surface area contributed by atoms with E-state index in [0.717, 1.165) is 18.1 Å². The van der Waals surface area contributed by atoms with Gasteiger partial charge in [-0.3, -0.25) is 30.6 Å². The number of hydrazine groups is 1. The third kappa shape index (κ3) is 5.31. The normalized spacial score (nSPS) is 9.96. The molecule has 8 heteroatoms. The fraction of sp³-hybridized carbons (Fsp3) is 0.176. The van der Waals surface area contributed by atoms with Crippen LogP contribution in [0, 0.1) is 10.1 Å². The summed E-state index contributed by atoms with van der Waals surface area (Å²) in [6.45, 7) is 1.73. The standard InChI is InChI=1S/C17H17N3O5/c1-2-12-5-3-8-15(9-12)25-11-16(21)18-19-17(22)13-6-4-7-14(10-13)20(23)24/h3-10H,2,11H2,1H3,(H,18,21)(H,19,22). The Morgan fingerprint density at radius 2 is 1.88 bits per heavy atom. The van der Waals surface area contributed by atoms with Crippen molar-refractivity contribution < 1.29 is 19.2 Å². The third-order valence-electron chi connectivity index (χ3n) is 3.31. The Hall–Kier alpha value is -3.42. The van der Waals surface area contributed by atoms with E-state index in [0.29, 0.717) is 5.75 Å². The molecule has 0 unspecified atom stereocenters. The van der Waals surface area contributed by atoms with Crippen LogP contribution in [0.3, 0.4) is 0 Å². The van der Waals surface area contributed by atoms with Crippen molar-refractivity contribution in [3.63, 3.8) is 0 Å². The number of aryl methyl sites for hydroxylation is 1. The van der Waals surface area contributed by atoms with E-state index in [1.807, 2.05) is 25.1 Å². The Bertz CT molecular complexity index is 791. The summed E-state index contributed by atoms with van der Waals surface area (Å²) in [6, 6.07) is 12.5. The molecule has 0 aromatic heterocycles. The molecule has 0 aliphatic heterocycles. The van der Waals surface area contributed by atoms with Gasteiger partial charge in [0.15, 0.2) is 6.61 Å². The lowest BCUT2D eigenvalue weighted by Crippen LogP contribution is -2.43. The average molecular weight is 343 g/mol. The number of hydrogen-bond acceptors (Lipinski definition) is 5. The monoisotopic (exact) mass is 343 g/mol. The van der Waals surface area contributed by atoms with Gasteiger partial charge in [-0.05, 0) is 30.2 Å². The second-order valence-electron chi connectivity index (χ2n) is 5.10. The zero-order valence-electron chi connectivity index (χ0n) is 13.5. The Morgan fingerprint density at radius 3 is 2.60 bits per heavy atom. The highest BCUT2D eigenvalue weighted by Gasteiger charge is 2.12. The van der Waals surface area contributed by atoms with E-state index < -0.39 is 16.7 Å². The fourth-order valence-corrected chi connectivity index (χ4v) is 2.00. The zero-order valence-corrected chi connectivity index (χ0v) is 13.5. The molecule has 8 nitrogen and oxygen atoms in total. The molecule has 0 heterocycles. The number of nitrogens with one attached hydrogen (secondary N) is 2. The van der Waals surface area contributed by atoms with Gasteiger partial charge in [-0.25, -0.2) is 0 Å². The molecular weight excluding hydrogens is 326 g/mol. The van der Waals surface area contributed by atoms with Crippen LogP contribution in [0.4, 0.5) is 5.69 Å². The van der Waals surface area contributed by atoms with Gasteiger partial charge in [0.05, 0.1) is 4.92 Å². The molecule has 0 saturated heterocycles. The van der Waals surface area contributed by atoms with Crippen LogP contribution in [0.5, 0.6) is 5.75 Å². The van der Waals surface area contributed by atoms with Gasteiger partial charge in [-0.2, -0.15) is 0 Å². The number of nitro benzene ring substituents is 1. The molecule has 0 radical (unpaired) electrons. The first kappa shape index (κ1) is 17.9. The highest BCUT2D eigenvalue weighted by atomic mass is 16.6. The van der Waals surface area contributed by atoms with E-state index >= 15 is 0 Å². The van der Waals surface area contributed by atoms with Gasteiger partial charge in [-0.15, -0.1) is 0 Å². The molecule has 0 atom stereocenters. The Morgan fingerprint density at radius 1 is 1.12 bits per heavy atom. The van der Waals surface area contributed by atoms with Crippen LogP contribution in [-0.4, -0.2) is 23.3 Å². The lowest BCUT2D eigenvalue weighted by atomic mass is 10.2. The minimum Gasteiger partial charge on any atom is -0.484 e. The summed E-state index contributed by atoms with van der Waals surface area (Å²) in [5, 5.41) is 10.7. The van der Waals surface area contributed by atoms with Gasteiger partial charge in [0.2, 0.25) is 0 Å². The summed E-state index contributed by atoms with van der Waals surface area (Å²) in [7, 11) is 0. The largest absolute Gasteiger partial charge is 0.484 e. The van der Waals surface area contributed by atoms with Crippen molar-refractivity contribution in [1.29, 1.82) is 0 Å². The Kier molecular flexibility index (Phi) is 6.05. The molecule has 0 aliphatic rings. The predicted octanol–water partition coefficient (Wildman–Crippen LogP) is 2.00. The molecule has 2 aromatic rings. The number of non-ortho nitro benzene ring substituents is 1. The molecule has 0 bridgehead atoms. The molecule has 2 rings (SSSR count). The predicted molar refractivity (Wildman–Crippen MR) is 90.0 cm³/mol. The first-order chi connectivity index (χ1) is 12.0. The summed E-state index contributed by atoms with van der Waals surface area (Å²) in [4.78, 5) is 33.7. The minimum absolute atomic E-state index is 0.0612. The third-order valence-corrected chi connectivity index (χ3v) is 3.31. The molecule has 0 saturated carbocycles. The molecule has 0 aliphatic carbocycles. The van der Waals surface area contributed by atoms with Crippen molar-refractivity contribution in [1.82, 2.24) is 10.9 Å². The number of carbonyl (C=O) groups is 2. The van der Waals surface area contributed by atoms with Gasteiger partial charge < -0.3 is 4.74 Å². The summed E-state index contributed by atoms with van der Waals surface area (Å²) in [5.74, 6) is -0.662. The molecule has 0 fully saturated rings. The second kappa shape index (κ2) is 8.44. The second-order valence-corrected chi connectivity index (χ2v) is 5.10. The lowest BCUT2D eigenvalue weighted by Gasteiger charge is -2.09. The zero-order chi connectivity index (χ0) is 18.2. The highest BCUT2D eigenvalue weighted by Crippen LogP contribution is 2.14. The minimum atomic E-state index is -0.662. The summed E-state index contributed by atoms with van der Waals surface area (Å²) < 4.78 is 5.35. The molecule has 130 valence electrons. The number of benzene rings is 2. The van der Waals surface area contributed by atoms with Crippen molar-refractivity contribution in [3.05, 3.63) is 69.8 Å². The van der Waals surface area contributed by atoms with Crippen LogP contribution in [0.2, 0.25) is 0 Å². The van der Waals surface area contributed by atoms with Crippen molar-refractivity contribution in [2.45, 2.75) is 13.3 Å². The van der Waals surface area contributed by atoms with Crippen LogP contribution < -0.4 is 15.6 Å². The van der Waals surface area contributed by atoms with Crippen LogP contribution in [0.15, 0.2) is 48.5 Å². The van der Waals surface area contributed by atoms with Gasteiger partial charge in [0, 0.05) is 17.7 Å². The van der Waals surface area contributed by atoms with Gasteiger partial charge in [-0.1, -0.05) is 25.1 Å². The molecule has 0 spiro atoms. The van der Waals surface area contributed by atoms with Crippen molar-refractivity contribution >= 4 is 17.5 Å². The maximum atomic E-state index is 11.9. The quantitative estimate of drug-likeness (QED) is 0.615. The molecular formula is C17H17N3O5. The van der Waals surface area contributed by atoms with E-state index in [1.165, 1.54) is 18.2 Å². The van der Waals surface area contributed by atoms with Gasteiger partial charge in [0.25, 0.3) is 17.5 Å². The fourth-order valence-electron chi connectivity index (χ4n) is 2.00. The van der Waals surface area contributed by atoms with Crippen molar-refractivity contribution in [2.75, 3.05) is 6.61 Å². The maximum Gasteiger partial charge on any atom is 0.276 e. The number of nitro groups is 1. The van der Waals surface area contributed by atoms with E-state index in [1.54, 1.807) is 6.07 Å². The molecule has 2 N–H and O–H groups in total. The summed E-state index contributed by atoms with van der Waals surface area (Å²) >= 11 is 0. The number of amides is 2. The maximum absolute atomic E-state index is 11.9. The van der Waals surface area contributed by atoms with Crippen LogP contribution in [0.1, 0.15) is 22.8 Å². The SMILES string of the molecule is CCc1cccc(OCC(=O)NNC(=O)c2cccc([N+](=O)[O-])c2)c1. The number of nitrogens with zero attached hydrogens (tertiary/aromatic N) is 1. The van der Waals surface area contributed by atoms with Crippen LogP contribution in [0.25, 0.3) is 0 Å². The molecule has 25 heavy (non-hydrogen) atoms. The number of carbonyl (C=O) groups excluding carboxylic acids is 2. The lowest BCUT2D eigenvalue weighted by molar-refractivity contribution is -0.384. The Labute approximate surface area is 143 Å². The summed E-state index contributed by atoms with van der Waals surface area (Å²) in [5.41, 5.74) is 5.31. The van der Waals surface area contributed by atoms with E-state index in [9.17, 15) is 19.7 Å². The Balaban J connectivity index is 1.84. The summed E-state index contributed by atoms with van der Waals surface area (Å²) in [6.07, 6.45) is 0.850. The van der Waals surface area contributed by atoms with Gasteiger partial charge in [0.1, 0.15) is 5.75 Å². The number of ether oxygens (including phenoxy) is 1. The highest BCUT2D eigenvalue weighted by molar-refractivity contribution is 5.96. The van der Waals surface area contributed by atoms with Crippen LogP contribution >= 0.6 is 0 Å². The smallest absolute Gasteiger partial charge is 0.276 e. The molecule has 2 aromatic carbocycles. The average Bonchev–Trinajstić information content (AvgIpc) is 2.64. The first-order valence-corrected chi connectivity index (χ1v) is 7.55. The van der Waals surface area contributed by atoms with E-state index in [-0.39, 0.29) is 17.9 Å². The topological polar surface area (TPSA) is 111 Å². The first-order valence-electron chi connectivity index (χ1n) is 7.55. The van der Waals surface area contributed by atoms with Crippen LogP contribution in [-0.2, 0) is 11.2 Å². The number of rotatable bonds is 6. The van der Waals surface area contributed by atoms with Gasteiger partial charge >= 0.3 is 0 Å². The van der Waals surface area contributed by atoms with E-state index in [2.05, 4.69) is 10.9 Å². The van der Waals surface area contributed by atoms with E-state index in [4.69, 9.17) is 4.74 Å². The van der Waals surface area contributed by atoms with Crippen molar-refractivity contribution in [2.24, 2.45) is 0 Å².